The van der Waals surface area contributed by atoms with Gasteiger partial charge in [-0.1, -0.05) is 12.1 Å². The van der Waals surface area contributed by atoms with E-state index in [-0.39, 0.29) is 23.1 Å². The molecule has 9 heteroatoms. The third-order valence-corrected chi connectivity index (χ3v) is 6.23. The van der Waals surface area contributed by atoms with Gasteiger partial charge in [-0.25, -0.2) is 12.8 Å². The summed E-state index contributed by atoms with van der Waals surface area (Å²) in [4.78, 5) is 0.209. The largest absolute Gasteiger partial charge is 0.313 e. The predicted molar refractivity (Wildman–Crippen MR) is 91.2 cm³/mol. The Kier molecular flexibility index (Phi) is 5.64. The molecule has 0 aliphatic carbocycles. The second-order valence-electron chi connectivity index (χ2n) is 5.65. The molecule has 1 aromatic heterocycles. The van der Waals surface area contributed by atoms with E-state index in [0.717, 1.165) is 0 Å². The highest BCUT2D eigenvalue weighted by molar-refractivity contribution is 7.89. The van der Waals surface area contributed by atoms with Gasteiger partial charge in [0.15, 0.2) is 0 Å². The van der Waals surface area contributed by atoms with Gasteiger partial charge < -0.3 is 5.32 Å². The van der Waals surface area contributed by atoms with Crippen LogP contribution in [-0.4, -0.2) is 42.6 Å². The van der Waals surface area contributed by atoms with Gasteiger partial charge in [-0.15, -0.1) is 12.4 Å². The van der Waals surface area contributed by atoms with Crippen molar-refractivity contribution in [3.05, 3.63) is 47.0 Å². The van der Waals surface area contributed by atoms with Gasteiger partial charge in [0.2, 0.25) is 10.0 Å². The van der Waals surface area contributed by atoms with Crippen molar-refractivity contribution >= 4 is 22.4 Å². The molecule has 1 aliphatic heterocycles. The zero-order chi connectivity index (χ0) is 16.6. The minimum atomic E-state index is -3.71. The molecule has 1 aromatic carbocycles. The number of nitrogens with one attached hydrogen (secondary N) is 2. The van der Waals surface area contributed by atoms with Crippen LogP contribution in [0.15, 0.2) is 29.2 Å². The fourth-order valence-electron chi connectivity index (χ4n) is 3.01. The second-order valence-corrected chi connectivity index (χ2v) is 7.48. The molecular formula is C15H20ClFN4O2S. The first kappa shape index (κ1) is 18.9. The number of aromatic amines is 1. The lowest BCUT2D eigenvalue weighted by Crippen LogP contribution is -2.48. The van der Waals surface area contributed by atoms with Crippen molar-refractivity contribution in [1.82, 2.24) is 19.8 Å². The Labute approximate surface area is 146 Å². The van der Waals surface area contributed by atoms with Crippen LogP contribution in [0.3, 0.4) is 0 Å². The summed E-state index contributed by atoms with van der Waals surface area (Å²) >= 11 is 0. The number of hydrogen-bond donors (Lipinski definition) is 2. The molecule has 6 nitrogen and oxygen atoms in total. The normalized spacial score (nSPS) is 19.0. The Morgan fingerprint density at radius 2 is 2.08 bits per heavy atom. The molecule has 3 rings (SSSR count). The average Bonchev–Trinajstić information content (AvgIpc) is 2.87. The number of halogens is 2. The smallest absolute Gasteiger partial charge is 0.247 e. The highest BCUT2D eigenvalue weighted by Gasteiger charge is 2.37. The molecule has 0 radical (unpaired) electrons. The van der Waals surface area contributed by atoms with E-state index in [1.54, 1.807) is 26.0 Å². The van der Waals surface area contributed by atoms with Crippen molar-refractivity contribution < 1.29 is 12.8 Å². The number of piperazine rings is 1. The maximum absolute atomic E-state index is 13.5. The Bertz CT molecular complexity index is 805. The molecule has 1 aliphatic rings. The number of rotatable bonds is 3. The van der Waals surface area contributed by atoms with Crippen molar-refractivity contribution in [3.63, 3.8) is 0 Å². The molecule has 1 saturated heterocycles. The summed E-state index contributed by atoms with van der Waals surface area (Å²) in [6.07, 6.45) is 0. The van der Waals surface area contributed by atoms with Crippen LogP contribution in [0, 0.1) is 19.7 Å². The zero-order valence-corrected chi connectivity index (χ0v) is 15.0. The highest BCUT2D eigenvalue weighted by Crippen LogP contribution is 2.31. The van der Waals surface area contributed by atoms with Gasteiger partial charge in [0.05, 0.1) is 17.4 Å². The number of sulfonamides is 1. The van der Waals surface area contributed by atoms with E-state index < -0.39 is 16.1 Å². The van der Waals surface area contributed by atoms with E-state index in [1.165, 1.54) is 16.4 Å². The van der Waals surface area contributed by atoms with Crippen LogP contribution in [0.2, 0.25) is 0 Å². The quantitative estimate of drug-likeness (QED) is 0.860. The molecule has 2 aromatic rings. The molecule has 24 heavy (non-hydrogen) atoms. The molecule has 0 spiro atoms. The minimum Gasteiger partial charge on any atom is -0.313 e. The number of benzene rings is 1. The van der Waals surface area contributed by atoms with E-state index >= 15 is 0 Å². The maximum atomic E-state index is 13.5. The summed E-state index contributed by atoms with van der Waals surface area (Å²) in [5.74, 6) is -0.374. The van der Waals surface area contributed by atoms with Crippen molar-refractivity contribution in [2.75, 3.05) is 19.6 Å². The molecule has 0 saturated carbocycles. The van der Waals surface area contributed by atoms with Gasteiger partial charge in [0.1, 0.15) is 10.7 Å². The Hall–Kier alpha value is -1.48. The van der Waals surface area contributed by atoms with Crippen molar-refractivity contribution in [2.45, 2.75) is 24.8 Å². The first-order valence-electron chi connectivity index (χ1n) is 7.41. The third kappa shape index (κ3) is 3.32. The number of hydrogen-bond acceptors (Lipinski definition) is 4. The fourth-order valence-corrected chi connectivity index (χ4v) is 4.96. The predicted octanol–water partition coefficient (Wildman–Crippen LogP) is 1.92. The minimum absolute atomic E-state index is 0. The fraction of sp³-hybridized carbons (Fsp3) is 0.400. The van der Waals surface area contributed by atoms with Crippen LogP contribution in [0.5, 0.6) is 0 Å². The van der Waals surface area contributed by atoms with Gasteiger partial charge in [0, 0.05) is 19.6 Å². The SMILES string of the molecule is Cc1n[nH]c(C)c1S(=O)(=O)N1CCNCC1c1cccc(F)c1.Cl. The monoisotopic (exact) mass is 374 g/mol. The summed E-state index contributed by atoms with van der Waals surface area (Å²) in [6.45, 7) is 4.68. The summed E-state index contributed by atoms with van der Waals surface area (Å²) in [5, 5.41) is 9.87. The summed E-state index contributed by atoms with van der Waals surface area (Å²) in [7, 11) is -3.71. The van der Waals surface area contributed by atoms with Gasteiger partial charge in [0.25, 0.3) is 0 Å². The number of nitrogens with zero attached hydrogens (tertiary/aromatic N) is 2. The van der Waals surface area contributed by atoms with Gasteiger partial charge in [-0.2, -0.15) is 9.40 Å². The lowest BCUT2D eigenvalue weighted by Gasteiger charge is -2.35. The van der Waals surface area contributed by atoms with Crippen molar-refractivity contribution in [2.24, 2.45) is 0 Å². The van der Waals surface area contributed by atoms with Crippen molar-refractivity contribution in [1.29, 1.82) is 0 Å². The highest BCUT2D eigenvalue weighted by atomic mass is 35.5. The standard InChI is InChI=1S/C15H19FN4O2S.ClH/c1-10-15(11(2)19-18-10)23(21,22)20-7-6-17-9-14(20)12-4-3-5-13(16)8-12;/h3-5,8,14,17H,6-7,9H2,1-2H3,(H,18,19);1H. The number of aryl methyl sites for hydroxylation is 2. The molecule has 1 fully saturated rings. The van der Waals surface area contributed by atoms with E-state index in [1.807, 2.05) is 0 Å². The molecular weight excluding hydrogens is 355 g/mol. The summed E-state index contributed by atoms with van der Waals surface area (Å²) < 4.78 is 41.2. The van der Waals surface area contributed by atoms with Gasteiger partial charge >= 0.3 is 0 Å². The summed E-state index contributed by atoms with van der Waals surface area (Å²) in [5.41, 5.74) is 1.60. The van der Waals surface area contributed by atoms with E-state index in [9.17, 15) is 12.8 Å². The van der Waals surface area contributed by atoms with E-state index in [4.69, 9.17) is 0 Å². The lowest BCUT2D eigenvalue weighted by molar-refractivity contribution is 0.271. The van der Waals surface area contributed by atoms with E-state index in [0.29, 0.717) is 36.6 Å². The second kappa shape index (κ2) is 7.18. The topological polar surface area (TPSA) is 78.1 Å². The van der Waals surface area contributed by atoms with Crippen LogP contribution in [0.1, 0.15) is 23.0 Å². The van der Waals surface area contributed by atoms with Crippen LogP contribution in [0.25, 0.3) is 0 Å². The molecule has 1 unspecified atom stereocenters. The van der Waals surface area contributed by atoms with Gasteiger partial charge in [-0.3, -0.25) is 5.10 Å². The number of aromatic nitrogens is 2. The first-order chi connectivity index (χ1) is 10.9. The average molecular weight is 375 g/mol. The molecule has 2 N–H and O–H groups in total. The lowest BCUT2D eigenvalue weighted by atomic mass is 10.1. The third-order valence-electron chi connectivity index (χ3n) is 4.05. The number of H-pyrrole nitrogens is 1. The molecule has 132 valence electrons. The van der Waals surface area contributed by atoms with Crippen LogP contribution >= 0.6 is 12.4 Å². The van der Waals surface area contributed by atoms with Crippen LogP contribution in [-0.2, 0) is 10.0 Å². The van der Waals surface area contributed by atoms with Crippen LogP contribution < -0.4 is 5.32 Å². The molecule has 0 amide bonds. The molecule has 2 heterocycles. The first-order valence-corrected chi connectivity index (χ1v) is 8.85. The van der Waals surface area contributed by atoms with Crippen molar-refractivity contribution in [3.8, 4) is 0 Å². The molecule has 1 atom stereocenters. The van der Waals surface area contributed by atoms with Crippen LogP contribution in [0.4, 0.5) is 4.39 Å². The maximum Gasteiger partial charge on any atom is 0.247 e. The Balaban J connectivity index is 0.00000208. The molecule has 0 bridgehead atoms. The Morgan fingerprint density at radius 1 is 1.33 bits per heavy atom. The van der Waals surface area contributed by atoms with E-state index in [2.05, 4.69) is 15.5 Å². The zero-order valence-electron chi connectivity index (χ0n) is 13.4. The summed E-state index contributed by atoms with van der Waals surface area (Å²) in [6, 6.07) is 5.63. The van der Waals surface area contributed by atoms with Gasteiger partial charge in [-0.05, 0) is 31.5 Å². The Morgan fingerprint density at radius 3 is 2.71 bits per heavy atom.